The fraction of sp³-hybridized carbons (Fsp3) is 0.273. The lowest BCUT2D eigenvalue weighted by molar-refractivity contribution is 0.395. The van der Waals surface area contributed by atoms with E-state index in [4.69, 9.17) is 4.98 Å². The first-order chi connectivity index (χ1) is 15.2. The number of hydrogen-bond acceptors (Lipinski definition) is 5. The minimum absolute atomic E-state index is 0.0369. The highest BCUT2D eigenvalue weighted by Gasteiger charge is 2.26. The third-order valence-corrected chi connectivity index (χ3v) is 6.20. The zero-order valence-electron chi connectivity index (χ0n) is 17.1. The molecule has 1 aromatic carbocycles. The molecule has 0 aliphatic carbocycles. The maximum atomic E-state index is 12.6. The molecule has 9 nitrogen and oxygen atoms in total. The summed E-state index contributed by atoms with van der Waals surface area (Å²) < 4.78 is 5.87. The van der Waals surface area contributed by atoms with Crippen LogP contribution in [0.5, 0.6) is 0 Å². The Morgan fingerprint density at radius 3 is 2.61 bits per heavy atom. The molecule has 0 saturated carbocycles. The second kappa shape index (κ2) is 6.83. The van der Waals surface area contributed by atoms with Crippen molar-refractivity contribution >= 4 is 28.0 Å². The lowest BCUT2D eigenvalue weighted by atomic mass is 10.0. The van der Waals surface area contributed by atoms with Crippen LogP contribution in [0, 0.1) is 0 Å². The van der Waals surface area contributed by atoms with E-state index < -0.39 is 0 Å². The molecule has 0 atom stereocenters. The minimum Gasteiger partial charge on any atom is -0.354 e. The second-order valence-electron chi connectivity index (χ2n) is 7.97. The van der Waals surface area contributed by atoms with Gasteiger partial charge in [0.2, 0.25) is 5.95 Å². The van der Waals surface area contributed by atoms with Gasteiger partial charge in [-0.05, 0) is 37.1 Å². The van der Waals surface area contributed by atoms with Gasteiger partial charge in [-0.1, -0.05) is 12.1 Å². The summed E-state index contributed by atoms with van der Waals surface area (Å²) in [7, 11) is 1.97. The molecule has 0 spiro atoms. The van der Waals surface area contributed by atoms with Crippen molar-refractivity contribution in [3.05, 3.63) is 65.6 Å². The molecule has 1 aliphatic rings. The summed E-state index contributed by atoms with van der Waals surface area (Å²) >= 11 is 0. The predicted octanol–water partition coefficient (Wildman–Crippen LogP) is 2.64. The zero-order chi connectivity index (χ0) is 20.9. The number of fused-ring (bicyclic) bond motifs is 2. The number of anilines is 1. The molecule has 0 bridgehead atoms. The summed E-state index contributed by atoms with van der Waals surface area (Å²) in [5, 5.41) is 0. The van der Waals surface area contributed by atoms with Crippen molar-refractivity contribution < 1.29 is 0 Å². The van der Waals surface area contributed by atoms with Gasteiger partial charge in [0.15, 0.2) is 17.0 Å². The summed E-state index contributed by atoms with van der Waals surface area (Å²) in [6.45, 7) is 1.61. The van der Waals surface area contributed by atoms with Crippen molar-refractivity contribution in [3.63, 3.8) is 0 Å². The van der Waals surface area contributed by atoms with Gasteiger partial charge in [0.1, 0.15) is 6.33 Å². The molecule has 4 aromatic heterocycles. The Kier molecular flexibility index (Phi) is 3.95. The first kappa shape index (κ1) is 17.9. The van der Waals surface area contributed by atoms with Gasteiger partial charge in [-0.3, -0.25) is 13.7 Å². The van der Waals surface area contributed by atoms with E-state index in [1.54, 1.807) is 6.33 Å². The van der Waals surface area contributed by atoms with Crippen molar-refractivity contribution in [3.8, 4) is 5.95 Å². The van der Waals surface area contributed by atoms with Crippen LogP contribution < -0.4 is 10.6 Å². The summed E-state index contributed by atoms with van der Waals surface area (Å²) in [4.78, 5) is 31.7. The van der Waals surface area contributed by atoms with Gasteiger partial charge >= 0.3 is 5.69 Å². The molecular weight excluding hydrogens is 392 g/mol. The molecule has 31 heavy (non-hydrogen) atoms. The fourth-order valence-corrected chi connectivity index (χ4v) is 4.68. The average molecular weight is 414 g/mol. The Balaban J connectivity index is 1.32. The Bertz CT molecular complexity index is 1430. The smallest absolute Gasteiger partial charge is 0.326 e. The maximum absolute atomic E-state index is 12.6. The van der Waals surface area contributed by atoms with Crippen LogP contribution in [-0.2, 0) is 7.05 Å². The molecule has 1 saturated heterocycles. The standard InChI is InChI=1S/C22H22N8O/c1-27-19-18(26-21(27)29-10-4-5-11-29)20(24-14-23-19)28-12-8-15(9-13-28)30-17-7-3-2-6-16(17)25-22(30)31/h2-7,10-11,14-15H,8-9,12-13H2,1H3,(H,25,31). The molecule has 6 rings (SSSR count). The van der Waals surface area contributed by atoms with Crippen LogP contribution in [0.3, 0.4) is 0 Å². The molecule has 0 amide bonds. The van der Waals surface area contributed by atoms with E-state index in [-0.39, 0.29) is 11.7 Å². The molecule has 1 N–H and O–H groups in total. The zero-order valence-corrected chi connectivity index (χ0v) is 17.1. The maximum Gasteiger partial charge on any atom is 0.326 e. The number of hydrogen-bond donors (Lipinski definition) is 1. The normalized spacial score (nSPS) is 15.3. The molecule has 0 radical (unpaired) electrons. The highest BCUT2D eigenvalue weighted by molar-refractivity contribution is 5.85. The molecule has 5 aromatic rings. The number of benzene rings is 1. The van der Waals surface area contributed by atoms with Gasteiger partial charge in [0.05, 0.1) is 11.0 Å². The first-order valence-corrected chi connectivity index (χ1v) is 10.5. The Morgan fingerprint density at radius 2 is 1.81 bits per heavy atom. The Labute approximate surface area is 177 Å². The highest BCUT2D eigenvalue weighted by Crippen LogP contribution is 2.30. The van der Waals surface area contributed by atoms with Gasteiger partial charge in [-0.25, -0.2) is 19.7 Å². The van der Waals surface area contributed by atoms with Gasteiger partial charge in [-0.15, -0.1) is 0 Å². The van der Waals surface area contributed by atoms with E-state index in [0.29, 0.717) is 0 Å². The third-order valence-electron chi connectivity index (χ3n) is 6.20. The number of rotatable bonds is 3. The van der Waals surface area contributed by atoms with Crippen molar-refractivity contribution in [2.45, 2.75) is 18.9 Å². The number of nitrogens with one attached hydrogen (secondary N) is 1. The van der Waals surface area contributed by atoms with Gasteiger partial charge < -0.3 is 9.88 Å². The van der Waals surface area contributed by atoms with Gasteiger partial charge in [-0.2, -0.15) is 0 Å². The van der Waals surface area contributed by atoms with Crippen LogP contribution in [0.25, 0.3) is 28.1 Å². The van der Waals surface area contributed by atoms with E-state index >= 15 is 0 Å². The fourth-order valence-electron chi connectivity index (χ4n) is 4.68. The number of aryl methyl sites for hydroxylation is 1. The largest absolute Gasteiger partial charge is 0.354 e. The van der Waals surface area contributed by atoms with Gasteiger partial charge in [0.25, 0.3) is 0 Å². The van der Waals surface area contributed by atoms with Gasteiger partial charge in [0, 0.05) is 38.6 Å². The van der Waals surface area contributed by atoms with E-state index in [1.165, 1.54) is 0 Å². The molecule has 5 heterocycles. The van der Waals surface area contributed by atoms with Crippen LogP contribution in [0.4, 0.5) is 5.82 Å². The number of imidazole rings is 2. The summed E-state index contributed by atoms with van der Waals surface area (Å²) in [6.07, 6.45) is 7.28. The van der Waals surface area contributed by atoms with Crippen LogP contribution >= 0.6 is 0 Å². The molecule has 1 aliphatic heterocycles. The summed E-state index contributed by atoms with van der Waals surface area (Å²) in [6, 6.07) is 12.0. The SMILES string of the molecule is Cn1c(-n2cccc2)nc2c(N3CCC(n4c(=O)[nH]c5ccccc54)CC3)ncnc21. The molecule has 1 fully saturated rings. The van der Waals surface area contributed by atoms with Crippen molar-refractivity contribution in [1.29, 1.82) is 0 Å². The van der Waals surface area contributed by atoms with Crippen molar-refractivity contribution in [2.75, 3.05) is 18.0 Å². The van der Waals surface area contributed by atoms with Crippen LogP contribution in [0.15, 0.2) is 59.9 Å². The minimum atomic E-state index is -0.0369. The Morgan fingerprint density at radius 1 is 1.03 bits per heavy atom. The van der Waals surface area contributed by atoms with E-state index in [2.05, 4.69) is 19.9 Å². The molecule has 0 unspecified atom stereocenters. The number of aromatic nitrogens is 7. The van der Waals surface area contributed by atoms with E-state index in [9.17, 15) is 4.79 Å². The number of piperidine rings is 1. The molecular formula is C22H22N8O. The van der Waals surface area contributed by atoms with Crippen LogP contribution in [-0.4, -0.2) is 46.7 Å². The molecule has 9 heteroatoms. The number of para-hydroxylation sites is 2. The summed E-state index contributed by atoms with van der Waals surface area (Å²) in [5.74, 6) is 1.66. The Hall–Kier alpha value is -3.88. The summed E-state index contributed by atoms with van der Waals surface area (Å²) in [5.41, 5.74) is 3.43. The lowest BCUT2D eigenvalue weighted by Crippen LogP contribution is -2.37. The average Bonchev–Trinajstić information content (AvgIpc) is 3.51. The predicted molar refractivity (Wildman–Crippen MR) is 119 cm³/mol. The van der Waals surface area contributed by atoms with Crippen LogP contribution in [0.2, 0.25) is 0 Å². The first-order valence-electron chi connectivity index (χ1n) is 10.5. The number of nitrogens with zero attached hydrogens (tertiary/aromatic N) is 7. The van der Waals surface area contributed by atoms with Crippen molar-refractivity contribution in [2.24, 2.45) is 7.05 Å². The van der Waals surface area contributed by atoms with E-state index in [0.717, 1.165) is 59.9 Å². The monoisotopic (exact) mass is 414 g/mol. The topological polar surface area (TPSA) is 89.6 Å². The molecule has 156 valence electrons. The lowest BCUT2D eigenvalue weighted by Gasteiger charge is -2.33. The van der Waals surface area contributed by atoms with Crippen molar-refractivity contribution in [1.82, 2.24) is 33.6 Å². The number of aromatic amines is 1. The third kappa shape index (κ3) is 2.77. The number of H-pyrrole nitrogens is 1. The quantitative estimate of drug-likeness (QED) is 0.490. The van der Waals surface area contributed by atoms with E-state index in [1.807, 2.05) is 69.5 Å². The highest BCUT2D eigenvalue weighted by atomic mass is 16.1. The second-order valence-corrected chi connectivity index (χ2v) is 7.97. The van der Waals surface area contributed by atoms with Crippen LogP contribution in [0.1, 0.15) is 18.9 Å².